The van der Waals surface area contributed by atoms with Gasteiger partial charge >= 0.3 is 6.18 Å². The topological polar surface area (TPSA) is 52.6 Å². The molecule has 0 spiro atoms. The van der Waals surface area contributed by atoms with E-state index in [0.29, 0.717) is 13.1 Å². The Morgan fingerprint density at radius 3 is 2.70 bits per heavy atom. The van der Waals surface area contributed by atoms with E-state index in [9.17, 15) is 18.0 Å². The first kappa shape index (κ1) is 14.8. The van der Waals surface area contributed by atoms with E-state index >= 15 is 0 Å². The summed E-state index contributed by atoms with van der Waals surface area (Å²) in [7, 11) is 0. The third-order valence-electron chi connectivity index (χ3n) is 3.26. The standard InChI is InChI=1S/C13H15F3N2O2/c14-13(15,16)10-4-2-1-3-9(10)11-12(20)17-5-6-18(11)7-8-19/h1-4,11,19H,5-8H2,(H,17,20)/t11-/m0/s1. The molecule has 1 fully saturated rings. The Morgan fingerprint density at radius 2 is 2.05 bits per heavy atom. The van der Waals surface area contributed by atoms with E-state index in [0.717, 1.165) is 6.07 Å². The molecule has 20 heavy (non-hydrogen) atoms. The number of carbonyl (C=O) groups is 1. The van der Waals surface area contributed by atoms with Crippen molar-refractivity contribution in [1.82, 2.24) is 10.2 Å². The van der Waals surface area contributed by atoms with Crippen LogP contribution in [0.25, 0.3) is 0 Å². The summed E-state index contributed by atoms with van der Waals surface area (Å²) in [6.07, 6.45) is -4.51. The van der Waals surface area contributed by atoms with E-state index in [2.05, 4.69) is 5.32 Å². The minimum absolute atomic E-state index is 0.0781. The number of nitrogens with one attached hydrogen (secondary N) is 1. The Bertz CT molecular complexity index is 489. The van der Waals surface area contributed by atoms with Crippen molar-refractivity contribution in [3.63, 3.8) is 0 Å². The summed E-state index contributed by atoms with van der Waals surface area (Å²) < 4.78 is 39.1. The van der Waals surface area contributed by atoms with Crippen molar-refractivity contribution in [1.29, 1.82) is 0 Å². The van der Waals surface area contributed by atoms with Gasteiger partial charge in [-0.3, -0.25) is 9.69 Å². The Morgan fingerprint density at radius 1 is 1.35 bits per heavy atom. The molecule has 0 unspecified atom stereocenters. The van der Waals surface area contributed by atoms with Crippen LogP contribution in [0.3, 0.4) is 0 Å². The highest BCUT2D eigenvalue weighted by molar-refractivity contribution is 5.84. The van der Waals surface area contributed by atoms with Crippen LogP contribution in [-0.4, -0.2) is 42.2 Å². The number of carbonyl (C=O) groups excluding carboxylic acids is 1. The van der Waals surface area contributed by atoms with E-state index in [1.807, 2.05) is 0 Å². The molecule has 7 heteroatoms. The molecule has 1 aliphatic heterocycles. The number of halogens is 3. The van der Waals surface area contributed by atoms with E-state index in [-0.39, 0.29) is 18.7 Å². The van der Waals surface area contributed by atoms with Crippen LogP contribution in [0.4, 0.5) is 13.2 Å². The van der Waals surface area contributed by atoms with Crippen LogP contribution in [0.5, 0.6) is 0 Å². The molecule has 1 amide bonds. The number of benzene rings is 1. The summed E-state index contributed by atoms with van der Waals surface area (Å²) in [6.45, 7) is 0.717. The minimum atomic E-state index is -4.51. The average Bonchev–Trinajstić information content (AvgIpc) is 2.38. The van der Waals surface area contributed by atoms with Crippen molar-refractivity contribution >= 4 is 5.91 Å². The van der Waals surface area contributed by atoms with Crippen LogP contribution in [0.15, 0.2) is 24.3 Å². The van der Waals surface area contributed by atoms with E-state index in [1.54, 1.807) is 4.90 Å². The first-order valence-electron chi connectivity index (χ1n) is 6.24. The molecule has 0 bridgehead atoms. The maximum absolute atomic E-state index is 13.0. The van der Waals surface area contributed by atoms with Crippen LogP contribution in [0, 0.1) is 0 Å². The molecule has 4 nitrogen and oxygen atoms in total. The normalized spacial score (nSPS) is 20.8. The van der Waals surface area contributed by atoms with Crippen LogP contribution >= 0.6 is 0 Å². The van der Waals surface area contributed by atoms with E-state index in [1.165, 1.54) is 18.2 Å². The van der Waals surface area contributed by atoms with Crippen molar-refractivity contribution < 1.29 is 23.1 Å². The predicted octanol–water partition coefficient (Wildman–Crippen LogP) is 1.17. The Kier molecular flexibility index (Phi) is 4.29. The van der Waals surface area contributed by atoms with Gasteiger partial charge in [-0.05, 0) is 11.6 Å². The van der Waals surface area contributed by atoms with Gasteiger partial charge in [0, 0.05) is 19.6 Å². The molecule has 1 atom stereocenters. The van der Waals surface area contributed by atoms with Crippen molar-refractivity contribution in [3.8, 4) is 0 Å². The molecule has 1 saturated heterocycles. The highest BCUT2D eigenvalue weighted by Gasteiger charge is 2.39. The molecular weight excluding hydrogens is 273 g/mol. The number of aliphatic hydroxyl groups excluding tert-OH is 1. The molecule has 2 rings (SSSR count). The van der Waals surface area contributed by atoms with Crippen LogP contribution in [0.2, 0.25) is 0 Å². The summed E-state index contributed by atoms with van der Waals surface area (Å²) in [5.74, 6) is -0.471. The second-order valence-electron chi connectivity index (χ2n) is 4.54. The number of nitrogens with zero attached hydrogens (tertiary/aromatic N) is 1. The molecule has 0 saturated carbocycles. The van der Waals surface area contributed by atoms with E-state index < -0.39 is 23.7 Å². The van der Waals surface area contributed by atoms with Crippen molar-refractivity contribution in [3.05, 3.63) is 35.4 Å². The van der Waals surface area contributed by atoms with Gasteiger partial charge in [0.15, 0.2) is 0 Å². The molecule has 0 radical (unpaired) electrons. The number of alkyl halides is 3. The zero-order valence-corrected chi connectivity index (χ0v) is 10.7. The first-order valence-corrected chi connectivity index (χ1v) is 6.24. The van der Waals surface area contributed by atoms with Gasteiger partial charge in [-0.25, -0.2) is 0 Å². The maximum Gasteiger partial charge on any atom is 0.416 e. The number of hydrogen-bond acceptors (Lipinski definition) is 3. The van der Waals surface area contributed by atoms with Crippen LogP contribution < -0.4 is 5.32 Å². The van der Waals surface area contributed by atoms with E-state index in [4.69, 9.17) is 5.11 Å². The number of aliphatic hydroxyl groups is 1. The molecule has 2 N–H and O–H groups in total. The lowest BCUT2D eigenvalue weighted by atomic mass is 9.96. The fraction of sp³-hybridized carbons (Fsp3) is 0.462. The lowest BCUT2D eigenvalue weighted by molar-refractivity contribution is -0.140. The van der Waals surface area contributed by atoms with Crippen molar-refractivity contribution in [2.45, 2.75) is 12.2 Å². The second kappa shape index (κ2) is 5.80. The largest absolute Gasteiger partial charge is 0.416 e. The quantitative estimate of drug-likeness (QED) is 0.878. The zero-order chi connectivity index (χ0) is 14.8. The SMILES string of the molecule is O=C1NCCN(CCO)[C@H]1c1ccccc1C(F)(F)F. The third kappa shape index (κ3) is 2.94. The lowest BCUT2D eigenvalue weighted by Gasteiger charge is -2.35. The highest BCUT2D eigenvalue weighted by atomic mass is 19.4. The molecule has 1 heterocycles. The van der Waals surface area contributed by atoms with Crippen LogP contribution in [0.1, 0.15) is 17.2 Å². The van der Waals surface area contributed by atoms with Gasteiger partial charge in [0.2, 0.25) is 5.91 Å². The molecule has 1 aromatic carbocycles. The number of amides is 1. The zero-order valence-electron chi connectivity index (χ0n) is 10.7. The molecule has 1 aromatic rings. The monoisotopic (exact) mass is 288 g/mol. The van der Waals surface area contributed by atoms with Gasteiger partial charge in [-0.15, -0.1) is 0 Å². The lowest BCUT2D eigenvalue weighted by Crippen LogP contribution is -2.51. The number of piperazine rings is 1. The Hall–Kier alpha value is -1.60. The molecular formula is C13H15F3N2O2. The van der Waals surface area contributed by atoms with Crippen molar-refractivity contribution in [2.24, 2.45) is 0 Å². The smallest absolute Gasteiger partial charge is 0.395 e. The number of β-amino-alcohol motifs (C(OH)–C–C–N with tert-alkyl or cyclic N) is 1. The number of hydrogen-bond donors (Lipinski definition) is 2. The van der Waals surface area contributed by atoms with Gasteiger partial charge in [-0.2, -0.15) is 13.2 Å². The minimum Gasteiger partial charge on any atom is -0.395 e. The molecule has 110 valence electrons. The van der Waals surface area contributed by atoms with Crippen molar-refractivity contribution in [2.75, 3.05) is 26.2 Å². The van der Waals surface area contributed by atoms with Gasteiger partial charge in [-0.1, -0.05) is 18.2 Å². The number of rotatable bonds is 3. The molecule has 1 aliphatic rings. The van der Waals surface area contributed by atoms with Gasteiger partial charge in [0.25, 0.3) is 0 Å². The van der Waals surface area contributed by atoms with Gasteiger partial charge in [0.1, 0.15) is 6.04 Å². The second-order valence-corrected chi connectivity index (χ2v) is 4.54. The summed E-state index contributed by atoms with van der Waals surface area (Å²) in [5, 5.41) is 11.6. The average molecular weight is 288 g/mol. The summed E-state index contributed by atoms with van der Waals surface area (Å²) >= 11 is 0. The first-order chi connectivity index (χ1) is 9.45. The summed E-state index contributed by atoms with van der Waals surface area (Å²) in [4.78, 5) is 13.5. The summed E-state index contributed by atoms with van der Waals surface area (Å²) in [6, 6.07) is 4.03. The van der Waals surface area contributed by atoms with Crippen LogP contribution in [-0.2, 0) is 11.0 Å². The highest BCUT2D eigenvalue weighted by Crippen LogP contribution is 2.36. The Balaban J connectivity index is 2.44. The molecule has 0 aliphatic carbocycles. The van der Waals surface area contributed by atoms with Gasteiger partial charge in [0.05, 0.1) is 12.2 Å². The predicted molar refractivity (Wildman–Crippen MR) is 65.9 cm³/mol. The maximum atomic E-state index is 13.0. The fourth-order valence-corrected chi connectivity index (χ4v) is 2.42. The Labute approximate surface area is 114 Å². The fourth-order valence-electron chi connectivity index (χ4n) is 2.42. The summed E-state index contributed by atoms with van der Waals surface area (Å²) in [5.41, 5.74) is -0.893. The third-order valence-corrected chi connectivity index (χ3v) is 3.26. The molecule has 0 aromatic heterocycles. The van der Waals surface area contributed by atoms with Gasteiger partial charge < -0.3 is 10.4 Å².